The summed E-state index contributed by atoms with van der Waals surface area (Å²) in [6, 6.07) is 6.92. The van der Waals surface area contributed by atoms with E-state index in [-0.39, 0.29) is 11.9 Å². The minimum Gasteiger partial charge on any atom is -0.389 e. The Bertz CT molecular complexity index is 568. The number of hydrogen-bond acceptors (Lipinski definition) is 4. The van der Waals surface area contributed by atoms with Crippen LogP contribution in [0, 0.1) is 0 Å². The average molecular weight is 330 g/mol. The first-order valence-corrected chi connectivity index (χ1v) is 8.68. The molecule has 0 saturated carbocycles. The first kappa shape index (κ1) is 18.0. The van der Waals surface area contributed by atoms with E-state index in [0.29, 0.717) is 23.7 Å². The van der Waals surface area contributed by atoms with E-state index in [1.165, 1.54) is 4.31 Å². The van der Waals surface area contributed by atoms with Crippen LogP contribution in [-0.4, -0.2) is 44.0 Å². The third kappa shape index (κ3) is 6.09. The summed E-state index contributed by atoms with van der Waals surface area (Å²) >= 11 is 4.86. The van der Waals surface area contributed by atoms with Gasteiger partial charge in [-0.1, -0.05) is 36.5 Å². The molecule has 0 spiro atoms. The zero-order valence-electron chi connectivity index (χ0n) is 12.6. The van der Waals surface area contributed by atoms with E-state index in [9.17, 15) is 8.42 Å². The Morgan fingerprint density at radius 1 is 1.33 bits per heavy atom. The zero-order chi connectivity index (χ0) is 16.0. The van der Waals surface area contributed by atoms with Crippen LogP contribution in [0.1, 0.15) is 25.0 Å². The number of ether oxygens (including phenoxy) is 1. The number of nitrogens with two attached hydrogens (primary N) is 1. The molecule has 7 heteroatoms. The normalized spacial score (nSPS) is 12.0. The Morgan fingerprint density at radius 3 is 2.38 bits per heavy atom. The lowest BCUT2D eigenvalue weighted by atomic mass is 10.1. The fourth-order valence-corrected chi connectivity index (χ4v) is 2.96. The van der Waals surface area contributed by atoms with Crippen molar-refractivity contribution < 1.29 is 13.2 Å². The molecule has 0 radical (unpaired) electrons. The molecule has 1 rings (SSSR count). The molecule has 0 saturated heterocycles. The molecule has 0 atom stereocenters. The quantitative estimate of drug-likeness (QED) is 0.732. The van der Waals surface area contributed by atoms with Gasteiger partial charge in [0.2, 0.25) is 10.0 Å². The predicted molar refractivity (Wildman–Crippen MR) is 88.7 cm³/mol. The van der Waals surface area contributed by atoms with Crippen molar-refractivity contribution >= 4 is 27.2 Å². The molecule has 118 valence electrons. The van der Waals surface area contributed by atoms with Crippen LogP contribution >= 0.6 is 12.2 Å². The van der Waals surface area contributed by atoms with Crippen LogP contribution in [0.2, 0.25) is 0 Å². The highest BCUT2D eigenvalue weighted by atomic mass is 32.2. The van der Waals surface area contributed by atoms with E-state index >= 15 is 0 Å². The summed E-state index contributed by atoms with van der Waals surface area (Å²) in [5, 5.41) is 0. The standard InChI is InChI=1S/C14H22N2O3S2/c1-11(2)19-9-8-16(3)21(17,18)10-12-4-6-13(7-5-12)14(15)20/h4-7,11H,8-10H2,1-3H3,(H2,15,20). The molecule has 0 bridgehead atoms. The van der Waals surface area contributed by atoms with Crippen molar-refractivity contribution in [3.8, 4) is 0 Å². The van der Waals surface area contributed by atoms with Crippen molar-refractivity contribution in [1.82, 2.24) is 4.31 Å². The number of thiocarbonyl (C=S) groups is 1. The summed E-state index contributed by atoms with van der Waals surface area (Å²) in [5.41, 5.74) is 6.94. The molecule has 21 heavy (non-hydrogen) atoms. The fraction of sp³-hybridized carbons (Fsp3) is 0.500. The largest absolute Gasteiger partial charge is 0.389 e. The minimum absolute atomic E-state index is 0.0528. The van der Waals surface area contributed by atoms with E-state index in [0.717, 1.165) is 5.56 Å². The van der Waals surface area contributed by atoms with Crippen molar-refractivity contribution in [2.24, 2.45) is 5.73 Å². The second kappa shape index (κ2) is 7.84. The van der Waals surface area contributed by atoms with Gasteiger partial charge in [-0.2, -0.15) is 0 Å². The van der Waals surface area contributed by atoms with Crippen LogP contribution in [0.5, 0.6) is 0 Å². The van der Waals surface area contributed by atoms with Crippen LogP contribution < -0.4 is 5.73 Å². The van der Waals surface area contributed by atoms with Crippen molar-refractivity contribution in [2.75, 3.05) is 20.2 Å². The van der Waals surface area contributed by atoms with Crippen molar-refractivity contribution in [3.63, 3.8) is 0 Å². The minimum atomic E-state index is -3.36. The van der Waals surface area contributed by atoms with Gasteiger partial charge in [0.1, 0.15) is 4.99 Å². The maximum absolute atomic E-state index is 12.2. The third-order valence-electron chi connectivity index (χ3n) is 2.92. The van der Waals surface area contributed by atoms with Crippen LogP contribution in [0.3, 0.4) is 0 Å². The summed E-state index contributed by atoms with van der Waals surface area (Å²) in [7, 11) is -1.80. The molecule has 0 aromatic heterocycles. The topological polar surface area (TPSA) is 72.6 Å². The summed E-state index contributed by atoms with van der Waals surface area (Å²) in [4.78, 5) is 0.298. The molecule has 0 heterocycles. The van der Waals surface area contributed by atoms with E-state index in [1.807, 2.05) is 13.8 Å². The molecule has 0 unspecified atom stereocenters. The Hall–Kier alpha value is -1.02. The Labute approximate surface area is 132 Å². The molecule has 1 aromatic rings. The molecular formula is C14H22N2O3S2. The fourth-order valence-electron chi connectivity index (χ4n) is 1.64. The lowest BCUT2D eigenvalue weighted by molar-refractivity contribution is 0.0737. The average Bonchev–Trinajstić information content (AvgIpc) is 2.38. The smallest absolute Gasteiger partial charge is 0.218 e. The van der Waals surface area contributed by atoms with Gasteiger partial charge in [-0.25, -0.2) is 12.7 Å². The second-order valence-corrected chi connectivity index (χ2v) is 7.57. The first-order chi connectivity index (χ1) is 9.72. The monoisotopic (exact) mass is 330 g/mol. The summed E-state index contributed by atoms with van der Waals surface area (Å²) in [6.45, 7) is 4.55. The van der Waals surface area contributed by atoms with Gasteiger partial charge in [0.25, 0.3) is 0 Å². The van der Waals surface area contributed by atoms with Gasteiger partial charge < -0.3 is 10.5 Å². The van der Waals surface area contributed by atoms with Gasteiger partial charge in [0.05, 0.1) is 18.5 Å². The van der Waals surface area contributed by atoms with E-state index in [1.54, 1.807) is 31.3 Å². The van der Waals surface area contributed by atoms with Crippen molar-refractivity contribution in [1.29, 1.82) is 0 Å². The maximum atomic E-state index is 12.2. The summed E-state index contributed by atoms with van der Waals surface area (Å²) < 4.78 is 31.1. The number of benzene rings is 1. The molecule has 0 aliphatic rings. The molecule has 1 aromatic carbocycles. The molecular weight excluding hydrogens is 308 g/mol. The molecule has 0 aliphatic heterocycles. The molecule has 0 aliphatic carbocycles. The summed E-state index contributed by atoms with van der Waals surface area (Å²) in [5.74, 6) is -0.0528. The molecule has 2 N–H and O–H groups in total. The van der Waals surface area contributed by atoms with Crippen molar-refractivity contribution in [2.45, 2.75) is 25.7 Å². The van der Waals surface area contributed by atoms with Gasteiger partial charge in [0, 0.05) is 19.2 Å². The number of sulfonamides is 1. The maximum Gasteiger partial charge on any atom is 0.218 e. The summed E-state index contributed by atoms with van der Waals surface area (Å²) in [6.07, 6.45) is 0.0914. The number of likely N-dealkylation sites (N-methyl/N-ethyl adjacent to an activating group) is 1. The predicted octanol–water partition coefficient (Wildman–Crippen LogP) is 1.51. The van der Waals surface area contributed by atoms with Gasteiger partial charge >= 0.3 is 0 Å². The van der Waals surface area contributed by atoms with E-state index < -0.39 is 10.0 Å². The van der Waals surface area contributed by atoms with Crippen LogP contribution in [-0.2, 0) is 20.5 Å². The SMILES string of the molecule is CC(C)OCCN(C)S(=O)(=O)Cc1ccc(C(N)=S)cc1. The number of rotatable bonds is 8. The lowest BCUT2D eigenvalue weighted by Crippen LogP contribution is -2.31. The van der Waals surface area contributed by atoms with Gasteiger partial charge in [-0.05, 0) is 19.4 Å². The van der Waals surface area contributed by atoms with E-state index in [2.05, 4.69) is 0 Å². The first-order valence-electron chi connectivity index (χ1n) is 6.66. The Balaban J connectivity index is 2.64. The Morgan fingerprint density at radius 2 is 1.90 bits per heavy atom. The van der Waals surface area contributed by atoms with E-state index in [4.69, 9.17) is 22.7 Å². The van der Waals surface area contributed by atoms with Crippen LogP contribution in [0.4, 0.5) is 0 Å². The molecule has 5 nitrogen and oxygen atoms in total. The zero-order valence-corrected chi connectivity index (χ0v) is 14.2. The van der Waals surface area contributed by atoms with Gasteiger partial charge in [-0.15, -0.1) is 0 Å². The molecule has 0 fully saturated rings. The van der Waals surface area contributed by atoms with Gasteiger partial charge in [0.15, 0.2) is 0 Å². The van der Waals surface area contributed by atoms with Gasteiger partial charge in [-0.3, -0.25) is 0 Å². The highest BCUT2D eigenvalue weighted by Gasteiger charge is 2.18. The van der Waals surface area contributed by atoms with Crippen LogP contribution in [0.15, 0.2) is 24.3 Å². The second-order valence-electron chi connectivity index (χ2n) is 5.06. The highest BCUT2D eigenvalue weighted by Crippen LogP contribution is 2.11. The third-order valence-corrected chi connectivity index (χ3v) is 4.99. The van der Waals surface area contributed by atoms with Crippen molar-refractivity contribution in [3.05, 3.63) is 35.4 Å². The lowest BCUT2D eigenvalue weighted by Gasteiger charge is -2.18. The number of nitrogens with zero attached hydrogens (tertiary/aromatic N) is 1. The Kier molecular flexibility index (Phi) is 6.73. The number of hydrogen-bond donors (Lipinski definition) is 1. The molecule has 0 amide bonds. The highest BCUT2D eigenvalue weighted by molar-refractivity contribution is 7.88. The van der Waals surface area contributed by atoms with Crippen LogP contribution in [0.25, 0.3) is 0 Å².